The second-order valence-electron chi connectivity index (χ2n) is 5.29. The largest absolute Gasteiger partial charge is 0.326 e. The van der Waals surface area contributed by atoms with Crippen LogP contribution in [-0.2, 0) is 4.79 Å². The molecule has 1 saturated heterocycles. The molecule has 2 rings (SSSR count). The lowest BCUT2D eigenvalue weighted by Crippen LogP contribution is -2.19. The Kier molecular flexibility index (Phi) is 4.02. The van der Waals surface area contributed by atoms with Gasteiger partial charge in [-0.2, -0.15) is 0 Å². The van der Waals surface area contributed by atoms with E-state index in [1.807, 2.05) is 6.07 Å². The maximum absolute atomic E-state index is 12.0. The molecule has 18 heavy (non-hydrogen) atoms. The van der Waals surface area contributed by atoms with E-state index in [1.54, 1.807) is 0 Å². The molecule has 1 atom stereocenters. The number of anilines is 1. The van der Waals surface area contributed by atoms with Gasteiger partial charge in [-0.05, 0) is 69.0 Å². The molecule has 1 aliphatic rings. The average molecular weight is 246 g/mol. The zero-order chi connectivity index (χ0) is 13.1. The van der Waals surface area contributed by atoms with Gasteiger partial charge in [-0.3, -0.25) is 4.79 Å². The van der Waals surface area contributed by atoms with Crippen LogP contribution in [0, 0.1) is 26.7 Å². The summed E-state index contributed by atoms with van der Waals surface area (Å²) in [7, 11) is 0. The zero-order valence-electron chi connectivity index (χ0n) is 11.5. The van der Waals surface area contributed by atoms with E-state index in [2.05, 4.69) is 37.5 Å². The molecule has 98 valence electrons. The highest BCUT2D eigenvalue weighted by molar-refractivity contribution is 5.91. The molecule has 1 fully saturated rings. The molecule has 1 unspecified atom stereocenters. The first-order valence-electron chi connectivity index (χ1n) is 6.65. The van der Waals surface area contributed by atoms with Gasteiger partial charge in [0.25, 0.3) is 0 Å². The van der Waals surface area contributed by atoms with Crippen LogP contribution in [0.15, 0.2) is 12.1 Å². The van der Waals surface area contributed by atoms with Crippen LogP contribution in [0.1, 0.15) is 29.5 Å². The highest BCUT2D eigenvalue weighted by Crippen LogP contribution is 2.22. The molecule has 0 radical (unpaired) electrons. The number of amides is 1. The highest BCUT2D eigenvalue weighted by Gasteiger charge is 2.18. The molecule has 0 saturated carbocycles. The van der Waals surface area contributed by atoms with Gasteiger partial charge in [-0.15, -0.1) is 0 Å². The Morgan fingerprint density at radius 1 is 1.33 bits per heavy atom. The normalized spacial score (nSPS) is 18.9. The van der Waals surface area contributed by atoms with Gasteiger partial charge in [-0.25, -0.2) is 0 Å². The summed E-state index contributed by atoms with van der Waals surface area (Å²) in [5, 5.41) is 6.33. The van der Waals surface area contributed by atoms with Crippen LogP contribution in [0.2, 0.25) is 0 Å². The fraction of sp³-hybridized carbons (Fsp3) is 0.533. The number of aryl methyl sites for hydroxylation is 1. The predicted molar refractivity (Wildman–Crippen MR) is 74.9 cm³/mol. The van der Waals surface area contributed by atoms with Crippen molar-refractivity contribution in [2.75, 3.05) is 18.4 Å². The average Bonchev–Trinajstić information content (AvgIpc) is 2.83. The number of rotatable bonds is 3. The van der Waals surface area contributed by atoms with Gasteiger partial charge >= 0.3 is 0 Å². The summed E-state index contributed by atoms with van der Waals surface area (Å²) in [6.07, 6.45) is 1.73. The Morgan fingerprint density at radius 3 is 2.78 bits per heavy atom. The van der Waals surface area contributed by atoms with Crippen molar-refractivity contribution >= 4 is 11.6 Å². The standard InChI is InChI=1S/C15H22N2O/c1-10-4-5-14(12(3)11(10)2)17-15(18)8-13-6-7-16-9-13/h4-5,13,16H,6-9H2,1-3H3,(H,17,18). The van der Waals surface area contributed by atoms with E-state index in [1.165, 1.54) is 16.7 Å². The van der Waals surface area contributed by atoms with Crippen molar-refractivity contribution in [1.82, 2.24) is 5.32 Å². The first-order valence-corrected chi connectivity index (χ1v) is 6.65. The second kappa shape index (κ2) is 5.53. The van der Waals surface area contributed by atoms with Crippen molar-refractivity contribution in [3.05, 3.63) is 28.8 Å². The van der Waals surface area contributed by atoms with E-state index in [0.717, 1.165) is 25.2 Å². The first-order chi connectivity index (χ1) is 8.58. The van der Waals surface area contributed by atoms with Crippen molar-refractivity contribution in [2.45, 2.75) is 33.6 Å². The summed E-state index contributed by atoms with van der Waals surface area (Å²) >= 11 is 0. The number of hydrogen-bond acceptors (Lipinski definition) is 2. The van der Waals surface area contributed by atoms with Crippen LogP contribution in [0.3, 0.4) is 0 Å². The van der Waals surface area contributed by atoms with Gasteiger partial charge in [0.1, 0.15) is 0 Å². The lowest BCUT2D eigenvalue weighted by Gasteiger charge is -2.14. The summed E-state index contributed by atoms with van der Waals surface area (Å²) in [5.74, 6) is 0.631. The maximum Gasteiger partial charge on any atom is 0.224 e. The predicted octanol–water partition coefficient (Wildman–Crippen LogP) is 2.55. The molecular formula is C15H22N2O. The van der Waals surface area contributed by atoms with Crippen LogP contribution >= 0.6 is 0 Å². The van der Waals surface area contributed by atoms with E-state index in [4.69, 9.17) is 0 Å². The van der Waals surface area contributed by atoms with Crippen molar-refractivity contribution in [3.8, 4) is 0 Å². The summed E-state index contributed by atoms with van der Waals surface area (Å²) in [4.78, 5) is 12.0. The molecule has 3 nitrogen and oxygen atoms in total. The van der Waals surface area contributed by atoms with Crippen LogP contribution in [0.4, 0.5) is 5.69 Å². The second-order valence-corrected chi connectivity index (χ2v) is 5.29. The maximum atomic E-state index is 12.0. The fourth-order valence-electron chi connectivity index (χ4n) is 2.44. The molecule has 1 heterocycles. The zero-order valence-corrected chi connectivity index (χ0v) is 11.5. The van der Waals surface area contributed by atoms with E-state index < -0.39 is 0 Å². The highest BCUT2D eigenvalue weighted by atomic mass is 16.1. The number of carbonyl (C=O) groups is 1. The smallest absolute Gasteiger partial charge is 0.224 e. The minimum absolute atomic E-state index is 0.134. The van der Waals surface area contributed by atoms with Crippen molar-refractivity contribution in [1.29, 1.82) is 0 Å². The summed E-state index contributed by atoms with van der Waals surface area (Å²) in [6, 6.07) is 4.07. The molecule has 0 bridgehead atoms. The monoisotopic (exact) mass is 246 g/mol. The lowest BCUT2D eigenvalue weighted by atomic mass is 10.0. The molecule has 1 aromatic rings. The quantitative estimate of drug-likeness (QED) is 0.860. The van der Waals surface area contributed by atoms with Crippen molar-refractivity contribution in [3.63, 3.8) is 0 Å². The Hall–Kier alpha value is -1.35. The molecule has 0 spiro atoms. The molecule has 2 N–H and O–H groups in total. The minimum atomic E-state index is 0.134. The third kappa shape index (κ3) is 2.91. The number of hydrogen-bond donors (Lipinski definition) is 2. The third-order valence-corrected chi connectivity index (χ3v) is 3.97. The number of nitrogens with one attached hydrogen (secondary N) is 2. The molecule has 0 aliphatic carbocycles. The summed E-state index contributed by atoms with van der Waals surface area (Å²) in [5.41, 5.74) is 4.66. The van der Waals surface area contributed by atoms with Crippen LogP contribution in [-0.4, -0.2) is 19.0 Å². The van der Waals surface area contributed by atoms with Gasteiger partial charge in [0.05, 0.1) is 0 Å². The Balaban J connectivity index is 2.00. The van der Waals surface area contributed by atoms with Crippen LogP contribution in [0.5, 0.6) is 0 Å². The molecule has 1 aromatic carbocycles. The van der Waals surface area contributed by atoms with Gasteiger partial charge in [-0.1, -0.05) is 6.07 Å². The Bertz CT molecular complexity index is 448. The molecule has 1 aliphatic heterocycles. The third-order valence-electron chi connectivity index (χ3n) is 3.97. The summed E-state index contributed by atoms with van der Waals surface area (Å²) in [6.45, 7) is 8.27. The molecule has 0 aromatic heterocycles. The molecular weight excluding hydrogens is 224 g/mol. The first kappa shape index (κ1) is 13.1. The van der Waals surface area contributed by atoms with Gasteiger partial charge in [0.2, 0.25) is 5.91 Å². The van der Waals surface area contributed by atoms with Crippen LogP contribution < -0.4 is 10.6 Å². The number of benzene rings is 1. The molecule has 3 heteroatoms. The van der Waals surface area contributed by atoms with E-state index in [9.17, 15) is 4.79 Å². The topological polar surface area (TPSA) is 41.1 Å². The molecule has 1 amide bonds. The Morgan fingerprint density at radius 2 is 2.11 bits per heavy atom. The van der Waals surface area contributed by atoms with Crippen molar-refractivity contribution in [2.24, 2.45) is 5.92 Å². The van der Waals surface area contributed by atoms with E-state index >= 15 is 0 Å². The summed E-state index contributed by atoms with van der Waals surface area (Å²) < 4.78 is 0. The van der Waals surface area contributed by atoms with Gasteiger partial charge < -0.3 is 10.6 Å². The fourth-order valence-corrected chi connectivity index (χ4v) is 2.44. The number of carbonyl (C=O) groups excluding carboxylic acids is 1. The van der Waals surface area contributed by atoms with Crippen molar-refractivity contribution < 1.29 is 4.79 Å². The van der Waals surface area contributed by atoms with Gasteiger partial charge in [0, 0.05) is 12.1 Å². The van der Waals surface area contributed by atoms with E-state index in [0.29, 0.717) is 12.3 Å². The minimum Gasteiger partial charge on any atom is -0.326 e. The Labute approximate surface area is 109 Å². The SMILES string of the molecule is Cc1ccc(NC(=O)CC2CCNC2)c(C)c1C. The van der Waals surface area contributed by atoms with E-state index in [-0.39, 0.29) is 5.91 Å². The van der Waals surface area contributed by atoms with Crippen LogP contribution in [0.25, 0.3) is 0 Å². The van der Waals surface area contributed by atoms with Gasteiger partial charge in [0.15, 0.2) is 0 Å². The lowest BCUT2D eigenvalue weighted by molar-refractivity contribution is -0.116.